The first kappa shape index (κ1) is 11.9. The molecule has 0 heterocycles. The van der Waals surface area contributed by atoms with Crippen LogP contribution in [0.1, 0.15) is 13.8 Å². The third kappa shape index (κ3) is 3.91. The maximum atomic E-state index is 10.1. The van der Waals surface area contributed by atoms with Crippen molar-refractivity contribution in [3.8, 4) is 0 Å². The Bertz CT molecular complexity index is 261. The van der Waals surface area contributed by atoms with Crippen LogP contribution in [0.2, 0.25) is 0 Å². The molecule has 0 atom stereocenters. The second kappa shape index (κ2) is 6.45. The Hall–Kier alpha value is -1.07. The fourth-order valence-corrected chi connectivity index (χ4v) is 0.887. The molecule has 0 aromatic heterocycles. The van der Waals surface area contributed by atoms with Gasteiger partial charge in [-0.3, -0.25) is 10.1 Å². The maximum Gasteiger partial charge on any atom is 0.269 e. The van der Waals surface area contributed by atoms with E-state index in [1.54, 1.807) is 0 Å². The van der Waals surface area contributed by atoms with Gasteiger partial charge in [-0.05, 0) is 12.1 Å². The number of rotatable bonds is 2. The van der Waals surface area contributed by atoms with Crippen LogP contribution in [-0.2, 0) is 0 Å². The Balaban J connectivity index is 0.000000671. The van der Waals surface area contributed by atoms with Crippen LogP contribution in [0.5, 0.6) is 0 Å². The van der Waals surface area contributed by atoms with Gasteiger partial charge in [-0.1, -0.05) is 13.8 Å². The van der Waals surface area contributed by atoms with E-state index < -0.39 is 4.92 Å². The molecular formula is C8H11NO3S. The van der Waals surface area contributed by atoms with E-state index in [1.165, 1.54) is 24.3 Å². The molecule has 1 N–H and O–H groups in total. The van der Waals surface area contributed by atoms with Crippen LogP contribution in [0.15, 0.2) is 29.2 Å². The van der Waals surface area contributed by atoms with Gasteiger partial charge in [0.1, 0.15) is 0 Å². The molecule has 0 aliphatic rings. The van der Waals surface area contributed by atoms with Gasteiger partial charge >= 0.3 is 0 Å². The minimum atomic E-state index is -0.480. The van der Waals surface area contributed by atoms with E-state index in [1.807, 2.05) is 13.8 Å². The summed E-state index contributed by atoms with van der Waals surface area (Å²) >= 11 is 0.567. The van der Waals surface area contributed by atoms with Crippen LogP contribution < -0.4 is 0 Å². The molecule has 0 radical (unpaired) electrons. The molecular weight excluding hydrogens is 190 g/mol. The summed E-state index contributed by atoms with van der Waals surface area (Å²) in [5.41, 5.74) is 0.0304. The van der Waals surface area contributed by atoms with Crippen molar-refractivity contribution in [1.82, 2.24) is 0 Å². The van der Waals surface area contributed by atoms with E-state index in [0.29, 0.717) is 16.9 Å². The van der Waals surface area contributed by atoms with Crippen LogP contribution in [0.3, 0.4) is 0 Å². The third-order valence-electron chi connectivity index (χ3n) is 1.15. The van der Waals surface area contributed by atoms with Gasteiger partial charge in [-0.25, -0.2) is 0 Å². The highest BCUT2D eigenvalue weighted by Crippen LogP contribution is 2.18. The highest BCUT2D eigenvalue weighted by Gasteiger charge is 2.02. The first-order valence-corrected chi connectivity index (χ1v) is 4.57. The number of hydrogen-bond acceptors (Lipinski definition) is 4. The van der Waals surface area contributed by atoms with Crippen molar-refractivity contribution in [3.63, 3.8) is 0 Å². The standard InChI is InChI=1S/C6H5NO3S.C2H6/c8-7(9)5-1-3-6(11-10)4-2-5;1-2/h1-4,10H;1-2H3. The van der Waals surface area contributed by atoms with E-state index in [4.69, 9.17) is 4.55 Å². The lowest BCUT2D eigenvalue weighted by Gasteiger charge is -1.92. The lowest BCUT2D eigenvalue weighted by atomic mass is 10.3. The number of non-ortho nitro benzene ring substituents is 1. The number of hydrogen-bond donors (Lipinski definition) is 1. The van der Waals surface area contributed by atoms with Gasteiger partial charge in [-0.2, -0.15) is 0 Å². The van der Waals surface area contributed by atoms with E-state index in [-0.39, 0.29) is 5.69 Å². The van der Waals surface area contributed by atoms with Gasteiger partial charge in [0.2, 0.25) is 0 Å². The highest BCUT2D eigenvalue weighted by molar-refractivity contribution is 7.93. The zero-order valence-corrected chi connectivity index (χ0v) is 8.25. The van der Waals surface area contributed by atoms with Crippen molar-refractivity contribution < 1.29 is 9.48 Å². The molecule has 5 heteroatoms. The molecule has 0 unspecified atom stereocenters. The Morgan fingerprint density at radius 3 is 2.08 bits per heavy atom. The van der Waals surface area contributed by atoms with Crippen molar-refractivity contribution >= 4 is 17.7 Å². The lowest BCUT2D eigenvalue weighted by molar-refractivity contribution is -0.384. The van der Waals surface area contributed by atoms with Gasteiger partial charge in [0.05, 0.1) is 4.92 Å². The molecule has 0 saturated carbocycles. The number of nitrogens with zero attached hydrogens (tertiary/aromatic N) is 1. The molecule has 0 bridgehead atoms. The van der Waals surface area contributed by atoms with Crippen LogP contribution in [-0.4, -0.2) is 9.48 Å². The second-order valence-corrected chi connectivity index (χ2v) is 2.50. The van der Waals surface area contributed by atoms with Crippen LogP contribution >= 0.6 is 12.0 Å². The average Bonchev–Trinajstić information content (AvgIpc) is 2.21. The van der Waals surface area contributed by atoms with Gasteiger partial charge in [0.25, 0.3) is 5.69 Å². The first-order chi connectivity index (χ1) is 6.24. The number of benzene rings is 1. The van der Waals surface area contributed by atoms with Crippen molar-refractivity contribution in [2.45, 2.75) is 18.7 Å². The third-order valence-corrected chi connectivity index (χ3v) is 1.64. The zero-order chi connectivity index (χ0) is 10.3. The minimum absolute atomic E-state index is 0.0304. The van der Waals surface area contributed by atoms with E-state index in [0.717, 1.165) is 0 Å². The Kier molecular flexibility index (Phi) is 5.92. The van der Waals surface area contributed by atoms with Gasteiger partial charge in [0, 0.05) is 29.1 Å². The summed E-state index contributed by atoms with van der Waals surface area (Å²) in [5.74, 6) is 0. The molecule has 0 saturated heterocycles. The van der Waals surface area contributed by atoms with Crippen molar-refractivity contribution in [2.24, 2.45) is 0 Å². The minimum Gasteiger partial charge on any atom is -0.325 e. The van der Waals surface area contributed by atoms with E-state index in [9.17, 15) is 10.1 Å². The maximum absolute atomic E-state index is 10.1. The van der Waals surface area contributed by atoms with Crippen molar-refractivity contribution in [2.75, 3.05) is 0 Å². The summed E-state index contributed by atoms with van der Waals surface area (Å²) in [6.07, 6.45) is 0. The molecule has 0 fully saturated rings. The summed E-state index contributed by atoms with van der Waals surface area (Å²) < 4.78 is 8.51. The van der Waals surface area contributed by atoms with Crippen molar-refractivity contribution in [1.29, 1.82) is 0 Å². The zero-order valence-electron chi connectivity index (χ0n) is 7.43. The van der Waals surface area contributed by atoms with E-state index in [2.05, 4.69) is 0 Å². The van der Waals surface area contributed by atoms with Gasteiger partial charge in [0.15, 0.2) is 0 Å². The lowest BCUT2D eigenvalue weighted by Crippen LogP contribution is -1.86. The molecule has 0 amide bonds. The quantitative estimate of drug-likeness (QED) is 0.453. The molecule has 0 spiro atoms. The summed E-state index contributed by atoms with van der Waals surface area (Å²) in [5, 5.41) is 10.1. The van der Waals surface area contributed by atoms with Gasteiger partial charge in [-0.15, -0.1) is 0 Å². The fraction of sp³-hybridized carbons (Fsp3) is 0.250. The largest absolute Gasteiger partial charge is 0.325 e. The summed E-state index contributed by atoms with van der Waals surface area (Å²) in [6, 6.07) is 5.67. The Morgan fingerprint density at radius 1 is 1.31 bits per heavy atom. The topological polar surface area (TPSA) is 63.4 Å². The molecule has 1 aromatic carbocycles. The summed E-state index contributed by atoms with van der Waals surface area (Å²) in [7, 11) is 0. The summed E-state index contributed by atoms with van der Waals surface area (Å²) in [6.45, 7) is 4.00. The molecule has 72 valence electrons. The fourth-order valence-electron chi connectivity index (χ4n) is 0.629. The molecule has 1 rings (SSSR count). The average molecular weight is 201 g/mol. The second-order valence-electron chi connectivity index (χ2n) is 1.84. The van der Waals surface area contributed by atoms with Gasteiger partial charge < -0.3 is 4.55 Å². The number of nitro groups is 1. The smallest absolute Gasteiger partial charge is 0.269 e. The van der Waals surface area contributed by atoms with E-state index >= 15 is 0 Å². The molecule has 1 aromatic rings. The normalized spacial score (nSPS) is 8.54. The number of nitro benzene ring substituents is 1. The monoisotopic (exact) mass is 201 g/mol. The first-order valence-electron chi connectivity index (χ1n) is 3.80. The van der Waals surface area contributed by atoms with Crippen LogP contribution in [0.4, 0.5) is 5.69 Å². The molecule has 0 aliphatic carbocycles. The predicted molar refractivity (Wildman–Crippen MR) is 52.9 cm³/mol. The predicted octanol–water partition coefficient (Wildman–Crippen LogP) is 3.19. The summed E-state index contributed by atoms with van der Waals surface area (Å²) in [4.78, 5) is 10.2. The molecule has 0 aliphatic heterocycles. The van der Waals surface area contributed by atoms with Crippen LogP contribution in [0, 0.1) is 10.1 Å². The van der Waals surface area contributed by atoms with Crippen molar-refractivity contribution in [3.05, 3.63) is 34.4 Å². The molecule has 13 heavy (non-hydrogen) atoms. The Labute approximate surface area is 80.9 Å². The molecule has 4 nitrogen and oxygen atoms in total. The highest BCUT2D eigenvalue weighted by atomic mass is 32.2. The SMILES string of the molecule is CC.O=[N+]([O-])c1ccc(SO)cc1. The van der Waals surface area contributed by atoms with Crippen LogP contribution in [0.25, 0.3) is 0 Å². The Morgan fingerprint density at radius 2 is 1.77 bits per heavy atom.